The summed E-state index contributed by atoms with van der Waals surface area (Å²) in [5.74, 6) is 0. The number of carbonyl (C=O) groups is 1. The number of allylic oxidation sites excluding steroid dienone is 1. The van der Waals surface area contributed by atoms with Crippen LogP contribution in [0.2, 0.25) is 0 Å². The zero-order valence-electron chi connectivity index (χ0n) is 10.2. The predicted octanol–water partition coefficient (Wildman–Crippen LogP) is 0.831. The third kappa shape index (κ3) is 5.19. The van der Waals surface area contributed by atoms with Crippen molar-refractivity contribution < 1.29 is 15.0 Å². The molecule has 0 radical (unpaired) electrons. The van der Waals surface area contributed by atoms with Gasteiger partial charge in [0.15, 0.2) is 0 Å². The van der Waals surface area contributed by atoms with Gasteiger partial charge in [-0.15, -0.1) is 0 Å². The normalized spacial score (nSPS) is 15.5. The van der Waals surface area contributed by atoms with Crippen molar-refractivity contribution in [1.82, 2.24) is 10.2 Å². The van der Waals surface area contributed by atoms with Gasteiger partial charge >= 0.3 is 6.03 Å². The molecule has 1 saturated carbocycles. The van der Waals surface area contributed by atoms with E-state index in [9.17, 15) is 4.79 Å². The monoisotopic (exact) mass is 242 g/mol. The molecule has 0 aliphatic heterocycles. The predicted molar refractivity (Wildman–Crippen MR) is 65.4 cm³/mol. The number of urea groups is 1. The Morgan fingerprint density at radius 1 is 1.18 bits per heavy atom. The quantitative estimate of drug-likeness (QED) is 0.668. The number of carbonyl (C=O) groups excluding carboxylic acids is 1. The van der Waals surface area contributed by atoms with E-state index in [0.717, 1.165) is 12.8 Å². The van der Waals surface area contributed by atoms with Crippen LogP contribution in [0.4, 0.5) is 4.79 Å². The Morgan fingerprint density at radius 3 is 2.29 bits per heavy atom. The molecule has 0 aromatic carbocycles. The minimum absolute atomic E-state index is 0.0933. The van der Waals surface area contributed by atoms with E-state index < -0.39 is 0 Å². The largest absolute Gasteiger partial charge is 0.395 e. The summed E-state index contributed by atoms with van der Waals surface area (Å²) in [5.41, 5.74) is 1.28. The SMILES string of the molecule is O=C(NC=C1CCCCC1)N(CCO)CCO. The molecule has 0 atom stereocenters. The number of hydrogen-bond acceptors (Lipinski definition) is 3. The molecular weight excluding hydrogens is 220 g/mol. The number of nitrogens with zero attached hydrogens (tertiary/aromatic N) is 1. The molecule has 0 unspecified atom stereocenters. The lowest BCUT2D eigenvalue weighted by Crippen LogP contribution is -2.41. The Bertz CT molecular complexity index is 252. The molecule has 3 N–H and O–H groups in total. The standard InChI is InChI=1S/C12H22N2O3/c15-8-6-14(7-9-16)12(17)13-10-11-4-2-1-3-5-11/h10,15-16H,1-9H2,(H,13,17). The van der Waals surface area contributed by atoms with E-state index in [1.165, 1.54) is 29.7 Å². The summed E-state index contributed by atoms with van der Waals surface area (Å²) in [6, 6.07) is -0.258. The van der Waals surface area contributed by atoms with Gasteiger partial charge in [-0.1, -0.05) is 12.0 Å². The van der Waals surface area contributed by atoms with Gasteiger partial charge in [0.1, 0.15) is 0 Å². The molecule has 0 spiro atoms. The van der Waals surface area contributed by atoms with Crippen LogP contribution < -0.4 is 5.32 Å². The van der Waals surface area contributed by atoms with Crippen LogP contribution in [0.25, 0.3) is 0 Å². The van der Waals surface area contributed by atoms with Crippen molar-refractivity contribution in [3.8, 4) is 0 Å². The molecule has 0 saturated heterocycles. The van der Waals surface area contributed by atoms with Crippen molar-refractivity contribution in [1.29, 1.82) is 0 Å². The van der Waals surface area contributed by atoms with Crippen molar-refractivity contribution in [3.05, 3.63) is 11.8 Å². The molecule has 1 aliphatic carbocycles. The van der Waals surface area contributed by atoms with Crippen LogP contribution in [0.3, 0.4) is 0 Å². The summed E-state index contributed by atoms with van der Waals surface area (Å²) in [6.45, 7) is 0.305. The van der Waals surface area contributed by atoms with Crippen LogP contribution in [-0.4, -0.2) is 47.4 Å². The zero-order chi connectivity index (χ0) is 12.5. The number of nitrogens with one attached hydrogen (secondary N) is 1. The molecule has 17 heavy (non-hydrogen) atoms. The van der Waals surface area contributed by atoms with Gasteiger partial charge in [-0.25, -0.2) is 4.79 Å². The van der Waals surface area contributed by atoms with Crippen LogP contribution in [0.1, 0.15) is 32.1 Å². The lowest BCUT2D eigenvalue weighted by Gasteiger charge is -2.21. The minimum atomic E-state index is -0.258. The average Bonchev–Trinajstić information content (AvgIpc) is 2.37. The van der Waals surface area contributed by atoms with Crippen LogP contribution in [0.15, 0.2) is 11.8 Å². The molecule has 0 bridgehead atoms. The topological polar surface area (TPSA) is 72.8 Å². The lowest BCUT2D eigenvalue weighted by atomic mass is 9.96. The van der Waals surface area contributed by atoms with E-state index in [2.05, 4.69) is 5.32 Å². The highest BCUT2D eigenvalue weighted by Crippen LogP contribution is 2.21. The average molecular weight is 242 g/mol. The van der Waals surface area contributed by atoms with Gasteiger partial charge in [0.05, 0.1) is 13.2 Å². The molecule has 2 amide bonds. The summed E-state index contributed by atoms with van der Waals surface area (Å²) in [4.78, 5) is 13.1. The molecule has 0 aromatic rings. The van der Waals surface area contributed by atoms with Crippen molar-refractivity contribution >= 4 is 6.03 Å². The van der Waals surface area contributed by atoms with Crippen molar-refractivity contribution in [3.63, 3.8) is 0 Å². The first-order valence-corrected chi connectivity index (χ1v) is 6.23. The van der Waals surface area contributed by atoms with Gasteiger partial charge in [0.2, 0.25) is 0 Å². The van der Waals surface area contributed by atoms with Gasteiger partial charge in [-0.2, -0.15) is 0 Å². The van der Waals surface area contributed by atoms with Crippen molar-refractivity contribution in [2.45, 2.75) is 32.1 Å². The summed E-state index contributed by atoms with van der Waals surface area (Å²) < 4.78 is 0. The Balaban J connectivity index is 2.39. The Hall–Kier alpha value is -1.07. The molecule has 98 valence electrons. The fourth-order valence-electron chi connectivity index (χ4n) is 1.96. The van der Waals surface area contributed by atoms with E-state index >= 15 is 0 Å². The Morgan fingerprint density at radius 2 is 1.76 bits per heavy atom. The number of amides is 2. The van der Waals surface area contributed by atoms with Crippen LogP contribution in [0, 0.1) is 0 Å². The van der Waals surface area contributed by atoms with Crippen LogP contribution in [-0.2, 0) is 0 Å². The van der Waals surface area contributed by atoms with Gasteiger partial charge in [-0.3, -0.25) is 0 Å². The maximum atomic E-state index is 11.7. The molecule has 5 nitrogen and oxygen atoms in total. The third-order valence-corrected chi connectivity index (χ3v) is 2.92. The fourth-order valence-corrected chi connectivity index (χ4v) is 1.96. The highest BCUT2D eigenvalue weighted by molar-refractivity contribution is 5.75. The maximum Gasteiger partial charge on any atom is 0.321 e. The Labute approximate surface area is 102 Å². The number of aliphatic hydroxyl groups is 2. The number of hydrogen-bond donors (Lipinski definition) is 3. The van der Waals surface area contributed by atoms with Crippen LogP contribution >= 0.6 is 0 Å². The molecule has 5 heteroatoms. The lowest BCUT2D eigenvalue weighted by molar-refractivity contribution is 0.160. The number of rotatable bonds is 5. The maximum absolute atomic E-state index is 11.7. The van der Waals surface area contributed by atoms with Crippen molar-refractivity contribution in [2.24, 2.45) is 0 Å². The third-order valence-electron chi connectivity index (χ3n) is 2.92. The summed E-state index contributed by atoms with van der Waals surface area (Å²) in [5, 5.41) is 20.3. The summed E-state index contributed by atoms with van der Waals surface area (Å²) in [7, 11) is 0. The van der Waals surface area contributed by atoms with E-state index in [1.54, 1.807) is 6.20 Å². The van der Waals surface area contributed by atoms with E-state index in [4.69, 9.17) is 10.2 Å². The van der Waals surface area contributed by atoms with Gasteiger partial charge in [0, 0.05) is 19.3 Å². The van der Waals surface area contributed by atoms with E-state index in [0.29, 0.717) is 0 Å². The molecule has 1 aliphatic rings. The number of aliphatic hydroxyl groups excluding tert-OH is 2. The summed E-state index contributed by atoms with van der Waals surface area (Å²) in [6.07, 6.45) is 7.55. The highest BCUT2D eigenvalue weighted by atomic mass is 16.3. The molecule has 0 aromatic heterocycles. The molecule has 1 rings (SSSR count). The first-order valence-electron chi connectivity index (χ1n) is 6.23. The highest BCUT2D eigenvalue weighted by Gasteiger charge is 2.11. The van der Waals surface area contributed by atoms with Gasteiger partial charge in [0.25, 0.3) is 0 Å². The van der Waals surface area contributed by atoms with Crippen molar-refractivity contribution in [2.75, 3.05) is 26.3 Å². The molecular formula is C12H22N2O3. The molecule has 0 heterocycles. The van der Waals surface area contributed by atoms with Gasteiger partial charge in [-0.05, 0) is 25.7 Å². The summed E-state index contributed by atoms with van der Waals surface area (Å²) >= 11 is 0. The first kappa shape index (κ1) is 14.0. The molecule has 1 fully saturated rings. The van der Waals surface area contributed by atoms with E-state index in [1.807, 2.05) is 0 Å². The Kier molecular flexibility index (Phi) is 6.65. The van der Waals surface area contributed by atoms with Gasteiger partial charge < -0.3 is 20.4 Å². The first-order chi connectivity index (χ1) is 8.27. The smallest absolute Gasteiger partial charge is 0.321 e. The minimum Gasteiger partial charge on any atom is -0.395 e. The second-order valence-corrected chi connectivity index (χ2v) is 4.25. The van der Waals surface area contributed by atoms with E-state index in [-0.39, 0.29) is 32.3 Å². The zero-order valence-corrected chi connectivity index (χ0v) is 10.2. The second-order valence-electron chi connectivity index (χ2n) is 4.25. The fraction of sp³-hybridized carbons (Fsp3) is 0.750. The van der Waals surface area contributed by atoms with Crippen LogP contribution in [0.5, 0.6) is 0 Å². The second kappa shape index (κ2) is 8.08.